The Morgan fingerprint density at radius 3 is 2.71 bits per heavy atom. The molecule has 0 amide bonds. The molecule has 1 saturated carbocycles. The molecule has 3 unspecified atom stereocenters. The Hall–Kier alpha value is -0.960. The lowest BCUT2D eigenvalue weighted by molar-refractivity contribution is 0.278. The van der Waals surface area contributed by atoms with Gasteiger partial charge in [0.1, 0.15) is 11.6 Å². The van der Waals surface area contributed by atoms with Gasteiger partial charge in [-0.3, -0.25) is 0 Å². The van der Waals surface area contributed by atoms with Gasteiger partial charge in [0.05, 0.1) is 0 Å². The molecule has 3 heteroatoms. The van der Waals surface area contributed by atoms with Gasteiger partial charge in [-0.15, -0.1) is 0 Å². The maximum atomic E-state index is 13.7. The van der Waals surface area contributed by atoms with Crippen LogP contribution in [0.3, 0.4) is 0 Å². The summed E-state index contributed by atoms with van der Waals surface area (Å²) in [6.07, 6.45) is 4.07. The van der Waals surface area contributed by atoms with Gasteiger partial charge in [-0.1, -0.05) is 19.4 Å². The fourth-order valence-corrected chi connectivity index (χ4v) is 2.81. The van der Waals surface area contributed by atoms with Gasteiger partial charge in [0.2, 0.25) is 0 Å². The minimum Gasteiger partial charge on any atom is -0.327 e. The van der Waals surface area contributed by atoms with Crippen molar-refractivity contribution in [2.75, 3.05) is 0 Å². The molecule has 0 radical (unpaired) electrons. The van der Waals surface area contributed by atoms with E-state index >= 15 is 0 Å². The van der Waals surface area contributed by atoms with Gasteiger partial charge in [0.15, 0.2) is 0 Å². The minimum absolute atomic E-state index is 0.00207. The first kappa shape index (κ1) is 12.5. The van der Waals surface area contributed by atoms with E-state index in [1.54, 1.807) is 6.07 Å². The molecule has 0 saturated heterocycles. The first-order valence-electron chi connectivity index (χ1n) is 6.32. The van der Waals surface area contributed by atoms with Crippen LogP contribution in [-0.4, -0.2) is 6.04 Å². The van der Waals surface area contributed by atoms with Crippen molar-refractivity contribution in [3.8, 4) is 0 Å². The average Bonchev–Trinajstić information content (AvgIpc) is 2.30. The van der Waals surface area contributed by atoms with E-state index < -0.39 is 11.6 Å². The van der Waals surface area contributed by atoms with Crippen LogP contribution in [0.5, 0.6) is 0 Å². The second-order valence-corrected chi connectivity index (χ2v) is 5.02. The highest BCUT2D eigenvalue weighted by molar-refractivity contribution is 5.25. The van der Waals surface area contributed by atoms with Gasteiger partial charge in [0, 0.05) is 18.0 Å². The fourth-order valence-electron chi connectivity index (χ4n) is 2.81. The molecule has 0 heterocycles. The quantitative estimate of drug-likeness (QED) is 0.838. The van der Waals surface area contributed by atoms with Crippen molar-refractivity contribution in [3.05, 3.63) is 35.4 Å². The number of hydrogen-bond donors (Lipinski definition) is 1. The Morgan fingerprint density at radius 1 is 1.29 bits per heavy atom. The number of rotatable bonds is 2. The predicted octanol–water partition coefficient (Wildman–Crippen LogP) is 3.59. The molecule has 1 aliphatic rings. The number of nitrogens with two attached hydrogens (primary N) is 1. The molecule has 0 bridgehead atoms. The zero-order valence-electron chi connectivity index (χ0n) is 10.1. The van der Waals surface area contributed by atoms with Crippen LogP contribution >= 0.6 is 0 Å². The van der Waals surface area contributed by atoms with Crippen molar-refractivity contribution in [2.45, 2.75) is 44.6 Å². The van der Waals surface area contributed by atoms with E-state index in [2.05, 4.69) is 6.92 Å². The van der Waals surface area contributed by atoms with Crippen LogP contribution in [-0.2, 0) is 0 Å². The van der Waals surface area contributed by atoms with Gasteiger partial charge >= 0.3 is 0 Å². The Balaban J connectivity index is 2.24. The van der Waals surface area contributed by atoms with E-state index in [9.17, 15) is 8.78 Å². The molecule has 94 valence electrons. The molecule has 1 fully saturated rings. The lowest BCUT2D eigenvalue weighted by Crippen LogP contribution is -2.35. The zero-order valence-corrected chi connectivity index (χ0v) is 10.1. The summed E-state index contributed by atoms with van der Waals surface area (Å²) in [6, 6.07) is 3.82. The normalized spacial score (nSPS) is 29.3. The second-order valence-electron chi connectivity index (χ2n) is 5.02. The summed E-state index contributed by atoms with van der Waals surface area (Å²) in [5, 5.41) is 0. The molecule has 1 aromatic rings. The smallest absolute Gasteiger partial charge is 0.129 e. The SMILES string of the molecule is CCC1CCC(N)C(c2ccc(F)cc2F)C1. The van der Waals surface area contributed by atoms with Crippen molar-refractivity contribution < 1.29 is 8.78 Å². The highest BCUT2D eigenvalue weighted by Crippen LogP contribution is 2.37. The molecule has 0 aromatic heterocycles. The Morgan fingerprint density at radius 2 is 2.06 bits per heavy atom. The van der Waals surface area contributed by atoms with Gasteiger partial charge in [-0.2, -0.15) is 0 Å². The maximum absolute atomic E-state index is 13.7. The summed E-state index contributed by atoms with van der Waals surface area (Å²) in [5.74, 6) is -0.330. The summed E-state index contributed by atoms with van der Waals surface area (Å²) in [7, 11) is 0. The summed E-state index contributed by atoms with van der Waals surface area (Å²) < 4.78 is 26.6. The molecule has 2 rings (SSSR count). The third-order valence-corrected chi connectivity index (χ3v) is 3.95. The third kappa shape index (κ3) is 2.65. The standard InChI is InChI=1S/C14H19F2N/c1-2-9-3-6-14(17)12(7-9)11-5-4-10(15)8-13(11)16/h4-5,8-9,12,14H,2-3,6-7,17H2,1H3. The van der Waals surface area contributed by atoms with E-state index in [4.69, 9.17) is 5.73 Å². The van der Waals surface area contributed by atoms with E-state index in [1.807, 2.05) is 0 Å². The molecule has 0 aliphatic heterocycles. The molecule has 2 N–H and O–H groups in total. The van der Waals surface area contributed by atoms with Crippen LogP contribution in [0.25, 0.3) is 0 Å². The minimum atomic E-state index is -0.525. The van der Waals surface area contributed by atoms with E-state index in [0.717, 1.165) is 31.7 Å². The predicted molar refractivity (Wildman–Crippen MR) is 64.7 cm³/mol. The highest BCUT2D eigenvalue weighted by Gasteiger charge is 2.30. The fraction of sp³-hybridized carbons (Fsp3) is 0.571. The lowest BCUT2D eigenvalue weighted by atomic mass is 9.74. The molecule has 1 nitrogen and oxygen atoms in total. The van der Waals surface area contributed by atoms with Crippen molar-refractivity contribution >= 4 is 0 Å². The molecular weight excluding hydrogens is 220 g/mol. The number of halogens is 2. The van der Waals surface area contributed by atoms with Crippen molar-refractivity contribution in [2.24, 2.45) is 11.7 Å². The summed E-state index contributed by atoms with van der Waals surface area (Å²) in [5.41, 5.74) is 6.66. The van der Waals surface area contributed by atoms with Crippen molar-refractivity contribution in [1.29, 1.82) is 0 Å². The second kappa shape index (κ2) is 5.13. The summed E-state index contributed by atoms with van der Waals surface area (Å²) in [6.45, 7) is 2.15. The van der Waals surface area contributed by atoms with E-state index in [0.29, 0.717) is 11.5 Å². The highest BCUT2D eigenvalue weighted by atomic mass is 19.1. The van der Waals surface area contributed by atoms with Crippen LogP contribution in [0.15, 0.2) is 18.2 Å². The summed E-state index contributed by atoms with van der Waals surface area (Å²) in [4.78, 5) is 0. The van der Waals surface area contributed by atoms with E-state index in [-0.39, 0.29) is 12.0 Å². The zero-order chi connectivity index (χ0) is 12.4. The maximum Gasteiger partial charge on any atom is 0.129 e. The van der Waals surface area contributed by atoms with Gasteiger partial charge in [-0.05, 0) is 36.8 Å². The van der Waals surface area contributed by atoms with Gasteiger partial charge in [0.25, 0.3) is 0 Å². The Bertz CT molecular complexity index is 392. The molecule has 0 spiro atoms. The van der Waals surface area contributed by atoms with E-state index in [1.165, 1.54) is 6.07 Å². The molecule has 1 aliphatic carbocycles. The van der Waals surface area contributed by atoms with Crippen LogP contribution in [0, 0.1) is 17.6 Å². The molecule has 1 aromatic carbocycles. The number of benzene rings is 1. The van der Waals surface area contributed by atoms with Crippen LogP contribution < -0.4 is 5.73 Å². The molecule has 3 atom stereocenters. The van der Waals surface area contributed by atoms with Gasteiger partial charge < -0.3 is 5.73 Å². The Kier molecular flexibility index (Phi) is 3.77. The first-order valence-corrected chi connectivity index (χ1v) is 6.32. The Labute approximate surface area is 101 Å². The monoisotopic (exact) mass is 239 g/mol. The van der Waals surface area contributed by atoms with Crippen molar-refractivity contribution in [1.82, 2.24) is 0 Å². The first-order chi connectivity index (χ1) is 8.11. The molecule has 17 heavy (non-hydrogen) atoms. The van der Waals surface area contributed by atoms with Gasteiger partial charge in [-0.25, -0.2) is 8.78 Å². The van der Waals surface area contributed by atoms with Crippen LogP contribution in [0.4, 0.5) is 8.78 Å². The van der Waals surface area contributed by atoms with Crippen LogP contribution in [0.1, 0.15) is 44.1 Å². The topological polar surface area (TPSA) is 26.0 Å². The average molecular weight is 239 g/mol. The molecular formula is C14H19F2N. The number of hydrogen-bond acceptors (Lipinski definition) is 1. The van der Waals surface area contributed by atoms with Crippen molar-refractivity contribution in [3.63, 3.8) is 0 Å². The van der Waals surface area contributed by atoms with Crippen LogP contribution in [0.2, 0.25) is 0 Å². The lowest BCUT2D eigenvalue weighted by Gasteiger charge is -2.34. The third-order valence-electron chi connectivity index (χ3n) is 3.95. The summed E-state index contributed by atoms with van der Waals surface area (Å²) >= 11 is 0. The largest absolute Gasteiger partial charge is 0.327 e.